The fourth-order valence-electron chi connectivity index (χ4n) is 3.71. The van der Waals surface area contributed by atoms with E-state index in [1.54, 1.807) is 7.11 Å². The van der Waals surface area contributed by atoms with Gasteiger partial charge in [0.2, 0.25) is 0 Å². The number of methoxy groups -OCH3 is 1. The molecule has 0 aliphatic heterocycles. The minimum absolute atomic E-state index is 0.0783. The molecule has 1 unspecified atom stereocenters. The predicted octanol–water partition coefficient (Wildman–Crippen LogP) is 3.99. The molecule has 0 heterocycles. The van der Waals surface area contributed by atoms with Crippen molar-refractivity contribution in [2.75, 3.05) is 13.7 Å². The van der Waals surface area contributed by atoms with Crippen LogP contribution in [0.3, 0.4) is 0 Å². The molecule has 0 radical (unpaired) electrons. The van der Waals surface area contributed by atoms with Crippen LogP contribution in [0.25, 0.3) is 0 Å². The zero-order valence-electron chi connectivity index (χ0n) is 17.7. The van der Waals surface area contributed by atoms with Crippen LogP contribution in [0.2, 0.25) is 0 Å². The number of carbonyl (C=O) groups excluding carboxylic acids is 1. The lowest BCUT2D eigenvalue weighted by atomic mass is 9.89. The molecule has 0 saturated heterocycles. The lowest BCUT2D eigenvalue weighted by molar-refractivity contribution is -0.117. The highest BCUT2D eigenvalue weighted by Crippen LogP contribution is 2.24. The number of benzene rings is 2. The van der Waals surface area contributed by atoms with Crippen molar-refractivity contribution in [2.24, 2.45) is 0 Å². The lowest BCUT2D eigenvalue weighted by Crippen LogP contribution is -2.29. The molecule has 1 aliphatic rings. The summed E-state index contributed by atoms with van der Waals surface area (Å²) in [5, 5.41) is 15.4. The molecule has 2 aromatic carbocycles. The summed E-state index contributed by atoms with van der Waals surface area (Å²) in [6.45, 7) is 2.58. The van der Waals surface area contributed by atoms with Crippen molar-refractivity contribution in [1.82, 2.24) is 10.6 Å². The van der Waals surface area contributed by atoms with Crippen LogP contribution in [0.15, 0.2) is 54.2 Å². The van der Waals surface area contributed by atoms with E-state index in [4.69, 9.17) is 4.74 Å². The van der Waals surface area contributed by atoms with Crippen LogP contribution >= 0.6 is 0 Å². The zero-order chi connectivity index (χ0) is 21.3. The van der Waals surface area contributed by atoms with Gasteiger partial charge in [-0.25, -0.2) is 0 Å². The molecule has 3 rings (SSSR count). The van der Waals surface area contributed by atoms with E-state index in [-0.39, 0.29) is 17.5 Å². The molecule has 5 nitrogen and oxygen atoms in total. The number of rotatable bonds is 8. The molecular weight excluding hydrogens is 374 g/mol. The molecular formula is C25H29N3O2. The van der Waals surface area contributed by atoms with Crippen LogP contribution < -0.4 is 15.4 Å². The Labute approximate surface area is 178 Å². The van der Waals surface area contributed by atoms with Gasteiger partial charge in [-0.1, -0.05) is 30.3 Å². The van der Waals surface area contributed by atoms with Crippen LogP contribution in [0.1, 0.15) is 48.1 Å². The van der Waals surface area contributed by atoms with Crippen LogP contribution in [0.4, 0.5) is 0 Å². The van der Waals surface area contributed by atoms with Crippen molar-refractivity contribution in [3.63, 3.8) is 0 Å². The molecule has 1 amide bonds. The van der Waals surface area contributed by atoms with Crippen molar-refractivity contribution < 1.29 is 9.53 Å². The molecule has 1 aliphatic carbocycles. The second kappa shape index (κ2) is 10.5. The Hall–Kier alpha value is -3.26. The quantitative estimate of drug-likeness (QED) is 0.397. The van der Waals surface area contributed by atoms with Gasteiger partial charge in [-0.15, -0.1) is 0 Å². The summed E-state index contributed by atoms with van der Waals surface area (Å²) in [6, 6.07) is 16.1. The zero-order valence-corrected chi connectivity index (χ0v) is 17.7. The van der Waals surface area contributed by atoms with Crippen LogP contribution in [0.5, 0.6) is 5.75 Å². The first-order valence-corrected chi connectivity index (χ1v) is 10.5. The normalized spacial score (nSPS) is 14.2. The lowest BCUT2D eigenvalue weighted by Gasteiger charge is -2.20. The van der Waals surface area contributed by atoms with Crippen molar-refractivity contribution in [3.05, 3.63) is 76.5 Å². The van der Waals surface area contributed by atoms with Gasteiger partial charge in [0.25, 0.3) is 5.91 Å². The number of hydrogen-bond donors (Lipinski definition) is 2. The summed E-state index contributed by atoms with van der Waals surface area (Å²) in [6.07, 6.45) is 7.00. The fourth-order valence-corrected chi connectivity index (χ4v) is 3.71. The Balaban J connectivity index is 1.52. The van der Waals surface area contributed by atoms with E-state index >= 15 is 0 Å². The summed E-state index contributed by atoms with van der Waals surface area (Å²) in [7, 11) is 1.64. The minimum atomic E-state index is -0.361. The molecule has 0 aromatic heterocycles. The number of aryl methyl sites for hydroxylation is 2. The molecule has 0 fully saturated rings. The van der Waals surface area contributed by atoms with E-state index in [9.17, 15) is 10.1 Å². The molecule has 1 atom stereocenters. The number of amides is 1. The van der Waals surface area contributed by atoms with Crippen molar-refractivity contribution in [1.29, 1.82) is 5.26 Å². The number of nitriles is 1. The van der Waals surface area contributed by atoms with Crippen molar-refractivity contribution in [2.45, 2.75) is 45.1 Å². The average Bonchev–Trinajstić information content (AvgIpc) is 2.79. The van der Waals surface area contributed by atoms with E-state index in [0.29, 0.717) is 6.54 Å². The standard InChI is InChI=1S/C25H29N3O2/c1-18(21-10-9-20-5-3-4-6-22(20)15-21)28-25(29)23(16-26)17-27-14-13-19-7-11-24(30-2)12-8-19/h7-12,15,17-18,27H,3-6,13-14H2,1-2H3,(H,28,29)/b23-17-. The maximum atomic E-state index is 12.5. The predicted molar refractivity (Wildman–Crippen MR) is 118 cm³/mol. The summed E-state index contributed by atoms with van der Waals surface area (Å²) < 4.78 is 5.15. The summed E-state index contributed by atoms with van der Waals surface area (Å²) in [4.78, 5) is 12.5. The van der Waals surface area contributed by atoms with E-state index in [1.807, 2.05) is 37.3 Å². The highest BCUT2D eigenvalue weighted by Gasteiger charge is 2.16. The van der Waals surface area contributed by atoms with Gasteiger partial charge < -0.3 is 15.4 Å². The van der Waals surface area contributed by atoms with Gasteiger partial charge in [0.15, 0.2) is 0 Å². The molecule has 0 saturated carbocycles. The SMILES string of the molecule is COc1ccc(CCN/C=C(/C#N)C(=O)NC(C)c2ccc3c(c2)CCCC3)cc1. The van der Waals surface area contributed by atoms with Crippen LogP contribution in [0, 0.1) is 11.3 Å². The van der Waals surface area contributed by atoms with E-state index < -0.39 is 0 Å². The number of nitrogens with zero attached hydrogens (tertiary/aromatic N) is 1. The van der Waals surface area contributed by atoms with Crippen molar-refractivity contribution >= 4 is 5.91 Å². The first-order valence-electron chi connectivity index (χ1n) is 10.5. The Kier molecular flexibility index (Phi) is 7.51. The number of nitrogens with one attached hydrogen (secondary N) is 2. The highest BCUT2D eigenvalue weighted by molar-refractivity contribution is 5.97. The van der Waals surface area contributed by atoms with Crippen molar-refractivity contribution in [3.8, 4) is 11.8 Å². The number of fused-ring (bicyclic) bond motifs is 1. The monoisotopic (exact) mass is 403 g/mol. The van der Waals surface area contributed by atoms with Gasteiger partial charge in [0, 0.05) is 12.7 Å². The average molecular weight is 404 g/mol. The third kappa shape index (κ3) is 5.64. The second-order valence-corrected chi connectivity index (χ2v) is 7.65. The van der Waals surface area contributed by atoms with Crippen LogP contribution in [-0.4, -0.2) is 19.6 Å². The number of hydrogen-bond acceptors (Lipinski definition) is 4. The largest absolute Gasteiger partial charge is 0.497 e. The Morgan fingerprint density at radius 1 is 1.17 bits per heavy atom. The van der Waals surface area contributed by atoms with Gasteiger partial charge in [-0.2, -0.15) is 5.26 Å². The fraction of sp³-hybridized carbons (Fsp3) is 0.360. The molecule has 30 heavy (non-hydrogen) atoms. The first kappa shape index (κ1) is 21.4. The summed E-state index contributed by atoms with van der Waals surface area (Å²) in [5.74, 6) is 0.461. The molecule has 2 N–H and O–H groups in total. The van der Waals surface area contributed by atoms with Gasteiger partial charge in [-0.05, 0) is 73.4 Å². The molecule has 2 aromatic rings. The first-order chi connectivity index (χ1) is 14.6. The van der Waals surface area contributed by atoms with Crippen LogP contribution in [-0.2, 0) is 24.1 Å². The number of ether oxygens (including phenoxy) is 1. The minimum Gasteiger partial charge on any atom is -0.497 e. The maximum Gasteiger partial charge on any atom is 0.263 e. The third-order valence-electron chi connectivity index (χ3n) is 5.55. The van der Waals surface area contributed by atoms with Gasteiger partial charge in [0.05, 0.1) is 13.2 Å². The highest BCUT2D eigenvalue weighted by atomic mass is 16.5. The molecule has 5 heteroatoms. The second-order valence-electron chi connectivity index (χ2n) is 7.65. The third-order valence-corrected chi connectivity index (χ3v) is 5.55. The molecule has 0 spiro atoms. The summed E-state index contributed by atoms with van der Waals surface area (Å²) in [5.41, 5.74) is 5.11. The molecule has 0 bridgehead atoms. The maximum absolute atomic E-state index is 12.5. The number of carbonyl (C=O) groups is 1. The van der Waals surface area contributed by atoms with Gasteiger partial charge >= 0.3 is 0 Å². The van der Waals surface area contributed by atoms with E-state index in [0.717, 1.165) is 36.1 Å². The smallest absolute Gasteiger partial charge is 0.263 e. The van der Waals surface area contributed by atoms with Gasteiger partial charge in [-0.3, -0.25) is 4.79 Å². The summed E-state index contributed by atoms with van der Waals surface area (Å²) >= 11 is 0. The Morgan fingerprint density at radius 2 is 1.90 bits per heavy atom. The topological polar surface area (TPSA) is 74.1 Å². The van der Waals surface area contributed by atoms with E-state index in [2.05, 4.69) is 28.8 Å². The van der Waals surface area contributed by atoms with E-state index in [1.165, 1.54) is 30.2 Å². The van der Waals surface area contributed by atoms with Gasteiger partial charge in [0.1, 0.15) is 17.4 Å². The molecule has 156 valence electrons. The Morgan fingerprint density at radius 3 is 2.60 bits per heavy atom. The Bertz CT molecular complexity index is 942.